The predicted octanol–water partition coefficient (Wildman–Crippen LogP) is 5.22. The molecule has 29 heavy (non-hydrogen) atoms. The van der Waals surface area contributed by atoms with Crippen LogP contribution in [-0.2, 0) is 11.3 Å². The van der Waals surface area contributed by atoms with E-state index in [1.807, 2.05) is 37.3 Å². The molecule has 1 saturated heterocycles. The average Bonchev–Trinajstić information content (AvgIpc) is 3.04. The van der Waals surface area contributed by atoms with Crippen LogP contribution in [-0.4, -0.2) is 27.4 Å². The number of rotatable bonds is 5. The first kappa shape index (κ1) is 19.3. The van der Waals surface area contributed by atoms with Gasteiger partial charge in [-0.2, -0.15) is 5.10 Å². The van der Waals surface area contributed by atoms with Gasteiger partial charge < -0.3 is 0 Å². The molecule has 0 spiro atoms. The molecule has 146 valence electrons. The average molecular weight is 405 g/mol. The highest BCUT2D eigenvalue weighted by Gasteiger charge is 2.36. The molecule has 1 aliphatic heterocycles. The Balaban J connectivity index is 1.60. The first-order valence-electron chi connectivity index (χ1n) is 9.47. The van der Waals surface area contributed by atoms with E-state index in [2.05, 4.69) is 22.3 Å². The maximum atomic E-state index is 13.2. The number of amidine groups is 1. The van der Waals surface area contributed by atoms with Crippen molar-refractivity contribution in [2.75, 3.05) is 0 Å². The highest BCUT2D eigenvalue weighted by Crippen LogP contribution is 2.31. The van der Waals surface area contributed by atoms with Crippen molar-refractivity contribution in [1.29, 1.82) is 0 Å². The van der Waals surface area contributed by atoms with Gasteiger partial charge >= 0.3 is 0 Å². The molecule has 0 bridgehead atoms. The largest absolute Gasteiger partial charge is 0.284 e. The van der Waals surface area contributed by atoms with Gasteiger partial charge in [-0.15, -0.1) is 5.10 Å². The number of fused-ring (bicyclic) bond motifs is 1. The maximum Gasteiger partial charge on any atom is 0.242 e. The van der Waals surface area contributed by atoms with Gasteiger partial charge in [0.15, 0.2) is 5.17 Å². The number of halogens is 1. The normalized spacial score (nSPS) is 18.4. The number of carbonyl (C=O) groups excluding carboxylic acids is 1. The summed E-state index contributed by atoms with van der Waals surface area (Å²) in [5.41, 5.74) is 1.82. The van der Waals surface area contributed by atoms with E-state index in [9.17, 15) is 9.18 Å². The van der Waals surface area contributed by atoms with E-state index < -0.39 is 0 Å². The summed E-state index contributed by atoms with van der Waals surface area (Å²) in [7, 11) is 0. The van der Waals surface area contributed by atoms with Gasteiger partial charge in [-0.1, -0.05) is 73.3 Å². The second-order valence-electron chi connectivity index (χ2n) is 6.76. The Morgan fingerprint density at radius 2 is 1.83 bits per heavy atom. The predicted molar refractivity (Wildman–Crippen MR) is 118 cm³/mol. The van der Waals surface area contributed by atoms with Crippen LogP contribution in [0.15, 0.2) is 76.9 Å². The Kier molecular flexibility index (Phi) is 5.71. The monoisotopic (exact) mass is 405 g/mol. The molecule has 6 heteroatoms. The zero-order valence-corrected chi connectivity index (χ0v) is 16.8. The van der Waals surface area contributed by atoms with Gasteiger partial charge in [0.1, 0.15) is 5.82 Å². The Hall–Kier alpha value is -2.99. The van der Waals surface area contributed by atoms with Gasteiger partial charge in [0.05, 0.1) is 18.0 Å². The molecule has 0 unspecified atom stereocenters. The third-order valence-corrected chi connectivity index (χ3v) is 6.14. The van der Waals surface area contributed by atoms with Crippen LogP contribution in [0.1, 0.15) is 24.5 Å². The minimum Gasteiger partial charge on any atom is -0.284 e. The molecule has 0 aliphatic carbocycles. The number of hydrogen-bond acceptors (Lipinski definition) is 4. The summed E-state index contributed by atoms with van der Waals surface area (Å²) < 4.78 is 13.2. The summed E-state index contributed by atoms with van der Waals surface area (Å²) in [6, 6.07) is 20.3. The minimum atomic E-state index is -0.295. The van der Waals surface area contributed by atoms with Crippen molar-refractivity contribution in [2.24, 2.45) is 10.2 Å². The van der Waals surface area contributed by atoms with Gasteiger partial charge in [-0.05, 0) is 34.9 Å². The standard InChI is InChI=1S/C23H20FN3OS/c1-2-21-22(28)27(15-16-10-12-19(24)13-11-16)23(29-21)26-25-14-18-8-5-7-17-6-3-4-9-20(17)18/h3-14,21H,2,15H2,1H3/b25-14-,26-23+/t21-/m1/s1. The summed E-state index contributed by atoms with van der Waals surface area (Å²) in [6.45, 7) is 2.33. The van der Waals surface area contributed by atoms with Crippen LogP contribution in [0, 0.1) is 5.82 Å². The van der Waals surface area contributed by atoms with Crippen LogP contribution >= 0.6 is 11.8 Å². The van der Waals surface area contributed by atoms with Crippen molar-refractivity contribution in [3.63, 3.8) is 0 Å². The molecule has 1 atom stereocenters. The molecule has 1 amide bonds. The number of benzene rings is 3. The Labute approximate surface area is 173 Å². The second kappa shape index (κ2) is 8.57. The molecular formula is C23H20FN3OS. The van der Waals surface area contributed by atoms with Crippen molar-refractivity contribution in [1.82, 2.24) is 4.90 Å². The molecule has 1 heterocycles. The molecule has 0 saturated carbocycles. The van der Waals surface area contributed by atoms with Crippen molar-refractivity contribution in [2.45, 2.75) is 25.1 Å². The van der Waals surface area contributed by atoms with Gasteiger partial charge in [-0.3, -0.25) is 9.69 Å². The Morgan fingerprint density at radius 3 is 2.62 bits per heavy atom. The lowest BCUT2D eigenvalue weighted by Gasteiger charge is -2.15. The number of carbonyl (C=O) groups is 1. The van der Waals surface area contributed by atoms with Crippen molar-refractivity contribution in [3.05, 3.63) is 83.7 Å². The van der Waals surface area contributed by atoms with Crippen molar-refractivity contribution in [3.8, 4) is 0 Å². The van der Waals surface area contributed by atoms with Gasteiger partial charge in [0.2, 0.25) is 5.91 Å². The van der Waals surface area contributed by atoms with E-state index in [0.29, 0.717) is 11.7 Å². The molecule has 4 nitrogen and oxygen atoms in total. The lowest BCUT2D eigenvalue weighted by atomic mass is 10.1. The highest BCUT2D eigenvalue weighted by atomic mass is 32.2. The number of hydrogen-bond donors (Lipinski definition) is 0. The summed E-state index contributed by atoms with van der Waals surface area (Å²) in [6.07, 6.45) is 2.44. The lowest BCUT2D eigenvalue weighted by Crippen LogP contribution is -2.31. The second-order valence-corrected chi connectivity index (χ2v) is 7.93. The maximum absolute atomic E-state index is 13.2. The number of nitrogens with zero attached hydrogens (tertiary/aromatic N) is 3. The topological polar surface area (TPSA) is 45.0 Å². The summed E-state index contributed by atoms with van der Waals surface area (Å²) in [5.74, 6) is -0.281. The van der Waals surface area contributed by atoms with Crippen molar-refractivity contribution < 1.29 is 9.18 Å². The Morgan fingerprint density at radius 1 is 1.07 bits per heavy atom. The van der Waals surface area contributed by atoms with Gasteiger partial charge in [0.25, 0.3) is 0 Å². The molecule has 0 aromatic heterocycles. The highest BCUT2D eigenvalue weighted by molar-refractivity contribution is 8.15. The first-order valence-corrected chi connectivity index (χ1v) is 10.3. The fourth-order valence-corrected chi connectivity index (χ4v) is 4.29. The van der Waals surface area contributed by atoms with Crippen LogP contribution in [0.5, 0.6) is 0 Å². The van der Waals surface area contributed by atoms with E-state index in [0.717, 1.165) is 28.3 Å². The zero-order chi connectivity index (χ0) is 20.2. The van der Waals surface area contributed by atoms with Crippen LogP contribution in [0.2, 0.25) is 0 Å². The molecule has 0 radical (unpaired) electrons. The van der Waals surface area contributed by atoms with E-state index in [1.54, 1.807) is 23.2 Å². The molecule has 3 aromatic rings. The van der Waals surface area contributed by atoms with E-state index in [-0.39, 0.29) is 17.0 Å². The quantitative estimate of drug-likeness (QED) is 0.431. The molecule has 4 rings (SSSR count). The lowest BCUT2D eigenvalue weighted by molar-refractivity contribution is -0.126. The molecule has 1 aliphatic rings. The third kappa shape index (κ3) is 4.22. The Bertz CT molecular complexity index is 1090. The smallest absolute Gasteiger partial charge is 0.242 e. The molecule has 1 fully saturated rings. The zero-order valence-electron chi connectivity index (χ0n) is 16.0. The molecule has 3 aromatic carbocycles. The summed E-state index contributed by atoms with van der Waals surface area (Å²) >= 11 is 1.43. The number of amides is 1. The van der Waals surface area contributed by atoms with E-state index in [4.69, 9.17) is 0 Å². The van der Waals surface area contributed by atoms with Crippen LogP contribution < -0.4 is 0 Å². The van der Waals surface area contributed by atoms with Crippen LogP contribution in [0.25, 0.3) is 10.8 Å². The SMILES string of the molecule is CC[C@H]1S/C(=N/N=C\c2cccc3ccccc23)N(Cc2ccc(F)cc2)C1=O. The summed E-state index contributed by atoms with van der Waals surface area (Å²) in [5, 5.41) is 11.3. The minimum absolute atomic E-state index is 0.0148. The van der Waals surface area contributed by atoms with E-state index in [1.165, 1.54) is 23.9 Å². The first-order chi connectivity index (χ1) is 14.2. The van der Waals surface area contributed by atoms with Gasteiger partial charge in [-0.25, -0.2) is 4.39 Å². The molecular weight excluding hydrogens is 385 g/mol. The fourth-order valence-electron chi connectivity index (χ4n) is 3.27. The van der Waals surface area contributed by atoms with Crippen molar-refractivity contribution >= 4 is 39.8 Å². The summed E-state index contributed by atoms with van der Waals surface area (Å²) in [4.78, 5) is 14.4. The van der Waals surface area contributed by atoms with Gasteiger partial charge in [0, 0.05) is 5.56 Å². The third-order valence-electron chi connectivity index (χ3n) is 4.81. The fraction of sp³-hybridized carbons (Fsp3) is 0.174. The van der Waals surface area contributed by atoms with Crippen LogP contribution in [0.3, 0.4) is 0 Å². The van der Waals surface area contributed by atoms with Crippen LogP contribution in [0.4, 0.5) is 4.39 Å². The number of thioether (sulfide) groups is 1. The molecule has 0 N–H and O–H groups in total. The van der Waals surface area contributed by atoms with E-state index >= 15 is 0 Å².